The molecule has 0 spiro atoms. The minimum atomic E-state index is -0.807. The van der Waals surface area contributed by atoms with Gasteiger partial charge in [-0.2, -0.15) is 4.68 Å². The molecule has 1 heterocycles. The van der Waals surface area contributed by atoms with Crippen molar-refractivity contribution in [3.05, 3.63) is 17.7 Å². The summed E-state index contributed by atoms with van der Waals surface area (Å²) >= 11 is 0. The van der Waals surface area contributed by atoms with E-state index in [4.69, 9.17) is 14.5 Å². The van der Waals surface area contributed by atoms with Gasteiger partial charge in [0, 0.05) is 18.1 Å². The van der Waals surface area contributed by atoms with Gasteiger partial charge in [-0.3, -0.25) is 0 Å². The van der Waals surface area contributed by atoms with Crippen molar-refractivity contribution in [3.8, 4) is 11.8 Å². The van der Waals surface area contributed by atoms with Crippen LogP contribution in [0.15, 0.2) is 12.1 Å². The smallest absolute Gasteiger partial charge is 0.426 e. The number of nitrogens with one attached hydrogen (secondary N) is 1. The van der Waals surface area contributed by atoms with Crippen molar-refractivity contribution in [2.45, 2.75) is 117 Å². The third-order valence-electron chi connectivity index (χ3n) is 4.81. The van der Waals surface area contributed by atoms with E-state index in [1.165, 1.54) is 38.2 Å². The molecule has 0 fully saturated rings. The van der Waals surface area contributed by atoms with Crippen LogP contribution in [-0.2, 0) is 14.5 Å². The van der Waals surface area contributed by atoms with Crippen LogP contribution in [0.3, 0.4) is 0 Å². The Labute approximate surface area is 198 Å². The third kappa shape index (κ3) is 12.0. The number of unbranched alkanes of at least 4 members (excludes halogenated alkanes) is 6. The highest BCUT2D eigenvalue weighted by molar-refractivity contribution is 5.77. The van der Waals surface area contributed by atoms with E-state index in [1.54, 1.807) is 13.0 Å². The fourth-order valence-corrected chi connectivity index (χ4v) is 3.30. The molecule has 1 rings (SSSR count). The maximum absolute atomic E-state index is 12.3. The molecule has 190 valence electrons. The van der Waals surface area contributed by atoms with Crippen molar-refractivity contribution < 1.29 is 29.5 Å². The Kier molecular flexibility index (Phi) is 11.8. The second-order valence-electron chi connectivity index (χ2n) is 10.1. The number of hydrogen-bond donors (Lipinski definition) is 3. The summed E-state index contributed by atoms with van der Waals surface area (Å²) in [5, 5.41) is 20.5. The van der Waals surface area contributed by atoms with E-state index >= 15 is 0 Å². The molecule has 1 unspecified atom stereocenters. The molecule has 1 atom stereocenters. The van der Waals surface area contributed by atoms with Gasteiger partial charge >= 0.3 is 6.09 Å². The van der Waals surface area contributed by atoms with Crippen LogP contribution in [0.2, 0.25) is 0 Å². The van der Waals surface area contributed by atoms with Gasteiger partial charge in [0.15, 0.2) is 0 Å². The van der Waals surface area contributed by atoms with Crippen molar-refractivity contribution >= 4 is 12.2 Å². The van der Waals surface area contributed by atoms with Gasteiger partial charge in [-0.1, -0.05) is 51.2 Å². The number of amides is 1. The predicted molar refractivity (Wildman–Crippen MR) is 131 cm³/mol. The van der Waals surface area contributed by atoms with Crippen molar-refractivity contribution in [1.29, 1.82) is 0 Å². The van der Waals surface area contributed by atoms with Gasteiger partial charge in [0.05, 0.1) is 5.60 Å². The molecule has 0 aliphatic rings. The zero-order chi connectivity index (χ0) is 25.1. The maximum Gasteiger partial charge on any atom is 0.426 e. The standard InChI is InChI=1S/C25H44N2O6/c1-8-9-10-11-12-13-14-15-16-20-17-21(28)27(22(20)29)26-23(30)31-19(2)18-25(6,7)33-32-24(3,4)5/h15-17,19,28-29H,8-14,18H2,1-7H3,(H,26,30). The number of carbonyl (C=O) groups excluding carboxylic acids is 1. The number of aromatic hydroxyl groups is 2. The van der Waals surface area contributed by atoms with Crippen LogP contribution in [0.25, 0.3) is 6.08 Å². The third-order valence-corrected chi connectivity index (χ3v) is 4.81. The van der Waals surface area contributed by atoms with Crippen molar-refractivity contribution in [1.82, 2.24) is 4.68 Å². The molecule has 0 aromatic carbocycles. The first-order valence-corrected chi connectivity index (χ1v) is 12.0. The summed E-state index contributed by atoms with van der Waals surface area (Å²) in [5.41, 5.74) is 1.63. The molecule has 1 aromatic heterocycles. The normalized spacial score (nSPS) is 13.4. The molecule has 1 aromatic rings. The first-order valence-electron chi connectivity index (χ1n) is 12.0. The Morgan fingerprint density at radius 1 is 1.09 bits per heavy atom. The van der Waals surface area contributed by atoms with Gasteiger partial charge in [0.1, 0.15) is 11.7 Å². The SMILES string of the molecule is CCCCCCCCC=Cc1cc(O)n(NC(=O)OC(C)CC(C)(C)OOC(C)(C)C)c1O. The molecular weight excluding hydrogens is 424 g/mol. The topological polar surface area (TPSA) is 102 Å². The number of hydrogen-bond acceptors (Lipinski definition) is 6. The highest BCUT2D eigenvalue weighted by atomic mass is 17.2. The Balaban J connectivity index is 2.53. The Morgan fingerprint density at radius 2 is 1.73 bits per heavy atom. The van der Waals surface area contributed by atoms with Crippen LogP contribution in [0, 0.1) is 0 Å². The summed E-state index contributed by atoms with van der Waals surface area (Å²) in [5.74, 6) is -0.558. The monoisotopic (exact) mass is 468 g/mol. The quantitative estimate of drug-likeness (QED) is 0.160. The molecule has 0 saturated heterocycles. The molecule has 0 radical (unpaired) electrons. The van der Waals surface area contributed by atoms with E-state index in [1.807, 2.05) is 40.7 Å². The highest BCUT2D eigenvalue weighted by Crippen LogP contribution is 2.28. The largest absolute Gasteiger partial charge is 0.493 e. The van der Waals surface area contributed by atoms with Crippen molar-refractivity contribution in [2.75, 3.05) is 5.43 Å². The second-order valence-corrected chi connectivity index (χ2v) is 10.1. The highest BCUT2D eigenvalue weighted by Gasteiger charge is 2.28. The summed E-state index contributed by atoms with van der Waals surface area (Å²) in [6, 6.07) is 1.39. The molecule has 33 heavy (non-hydrogen) atoms. The average Bonchev–Trinajstić information content (AvgIpc) is 2.95. The van der Waals surface area contributed by atoms with Gasteiger partial charge in [-0.15, -0.1) is 0 Å². The second kappa shape index (κ2) is 13.5. The minimum Gasteiger partial charge on any atom is -0.493 e. The molecule has 8 nitrogen and oxygen atoms in total. The van der Waals surface area contributed by atoms with Crippen LogP contribution in [0.5, 0.6) is 11.8 Å². The fraction of sp³-hybridized carbons (Fsp3) is 0.720. The van der Waals surface area contributed by atoms with Gasteiger partial charge in [-0.05, 0) is 54.4 Å². The lowest BCUT2D eigenvalue weighted by atomic mass is 10.0. The zero-order valence-corrected chi connectivity index (χ0v) is 21.4. The van der Waals surface area contributed by atoms with Gasteiger partial charge in [0.25, 0.3) is 0 Å². The molecule has 0 aliphatic carbocycles. The van der Waals surface area contributed by atoms with Crippen LogP contribution in [0.1, 0.15) is 105 Å². The number of aromatic nitrogens is 1. The van der Waals surface area contributed by atoms with Crippen molar-refractivity contribution in [2.24, 2.45) is 0 Å². The van der Waals surface area contributed by atoms with Gasteiger partial charge < -0.3 is 14.9 Å². The first-order chi connectivity index (χ1) is 15.3. The van der Waals surface area contributed by atoms with Crippen LogP contribution >= 0.6 is 0 Å². The Bertz CT molecular complexity index is 749. The Morgan fingerprint density at radius 3 is 2.36 bits per heavy atom. The fourth-order valence-electron chi connectivity index (χ4n) is 3.30. The van der Waals surface area contributed by atoms with E-state index in [0.717, 1.165) is 17.5 Å². The lowest BCUT2D eigenvalue weighted by Gasteiger charge is -2.30. The van der Waals surface area contributed by atoms with E-state index < -0.39 is 23.4 Å². The van der Waals surface area contributed by atoms with Crippen LogP contribution in [-0.4, -0.2) is 38.3 Å². The summed E-state index contributed by atoms with van der Waals surface area (Å²) in [4.78, 5) is 23.1. The predicted octanol–water partition coefficient (Wildman–Crippen LogP) is 6.65. The van der Waals surface area contributed by atoms with Crippen LogP contribution < -0.4 is 5.43 Å². The summed E-state index contributed by atoms with van der Waals surface area (Å²) in [7, 11) is 0. The zero-order valence-electron chi connectivity index (χ0n) is 21.4. The number of rotatable bonds is 14. The maximum atomic E-state index is 12.3. The van der Waals surface area contributed by atoms with Gasteiger partial charge in [-0.25, -0.2) is 20.0 Å². The average molecular weight is 469 g/mol. The van der Waals surface area contributed by atoms with Gasteiger partial charge in [0.2, 0.25) is 11.8 Å². The van der Waals surface area contributed by atoms with Crippen molar-refractivity contribution in [3.63, 3.8) is 0 Å². The summed E-state index contributed by atoms with van der Waals surface area (Å²) in [6.07, 6.45) is 10.9. The molecule has 0 bridgehead atoms. The minimum absolute atomic E-state index is 0.265. The molecule has 1 amide bonds. The Hall–Kier alpha value is -2.19. The van der Waals surface area contributed by atoms with E-state index in [-0.39, 0.29) is 11.8 Å². The van der Waals surface area contributed by atoms with Crippen LogP contribution in [0.4, 0.5) is 4.79 Å². The molecule has 8 heteroatoms. The molecular formula is C25H44N2O6. The number of carbonyl (C=O) groups is 1. The lowest BCUT2D eigenvalue weighted by molar-refractivity contribution is -0.399. The molecule has 0 saturated carbocycles. The summed E-state index contributed by atoms with van der Waals surface area (Å²) in [6.45, 7) is 13.2. The molecule has 0 aliphatic heterocycles. The van der Waals surface area contributed by atoms with E-state index in [9.17, 15) is 15.0 Å². The first kappa shape index (κ1) is 28.8. The molecule has 3 N–H and O–H groups in total. The summed E-state index contributed by atoms with van der Waals surface area (Å²) < 4.78 is 6.24. The number of allylic oxidation sites excluding steroid dienone is 1. The lowest BCUT2D eigenvalue weighted by Crippen LogP contribution is -2.35. The number of nitrogens with zero attached hydrogens (tertiary/aromatic N) is 1. The number of ether oxygens (including phenoxy) is 1. The van der Waals surface area contributed by atoms with E-state index in [0.29, 0.717) is 12.0 Å². The van der Waals surface area contributed by atoms with E-state index in [2.05, 4.69) is 12.3 Å².